The summed E-state index contributed by atoms with van der Waals surface area (Å²) in [6.07, 6.45) is 1.28. The third-order valence-corrected chi connectivity index (χ3v) is 4.30. The van der Waals surface area contributed by atoms with Crippen molar-refractivity contribution in [3.05, 3.63) is 11.3 Å². The van der Waals surface area contributed by atoms with Gasteiger partial charge in [0.2, 0.25) is 0 Å². The molecule has 1 saturated heterocycles. The number of carbonyl (C=O) groups excluding carboxylic acids is 2. The molecule has 7 heteroatoms. The Morgan fingerprint density at radius 3 is 2.65 bits per heavy atom. The van der Waals surface area contributed by atoms with E-state index in [1.807, 2.05) is 0 Å². The van der Waals surface area contributed by atoms with Crippen LogP contribution in [-0.4, -0.2) is 47.4 Å². The van der Waals surface area contributed by atoms with Crippen LogP contribution < -0.4 is 5.32 Å². The fraction of sp³-hybridized carbons (Fsp3) is 0.615. The van der Waals surface area contributed by atoms with E-state index in [0.717, 1.165) is 25.9 Å². The molecule has 1 aromatic heterocycles. The highest BCUT2D eigenvalue weighted by molar-refractivity contribution is 7.10. The summed E-state index contributed by atoms with van der Waals surface area (Å²) in [4.78, 5) is 26.0. The van der Waals surface area contributed by atoms with E-state index >= 15 is 0 Å². The standard InChI is InChI=1S/C13H19N3O3S/c1-8-10(11(14-3)20-15-8)13(18)19-9(2)12(17)16-6-4-5-7-16/h9,14H,4-7H2,1-3H3/t9-/m0/s1. The Kier molecular flexibility index (Phi) is 4.59. The van der Waals surface area contributed by atoms with Gasteiger partial charge in [0.1, 0.15) is 10.6 Å². The monoisotopic (exact) mass is 297 g/mol. The first kappa shape index (κ1) is 14.8. The summed E-state index contributed by atoms with van der Waals surface area (Å²) >= 11 is 1.21. The van der Waals surface area contributed by atoms with E-state index in [9.17, 15) is 9.59 Å². The SMILES string of the molecule is CNc1snc(C)c1C(=O)O[C@@H](C)C(=O)N1CCCC1. The summed E-state index contributed by atoms with van der Waals surface area (Å²) in [6.45, 7) is 4.87. The van der Waals surface area contributed by atoms with Gasteiger partial charge in [-0.2, -0.15) is 4.37 Å². The molecule has 1 aliphatic rings. The van der Waals surface area contributed by atoms with E-state index in [0.29, 0.717) is 16.3 Å². The zero-order valence-corrected chi connectivity index (χ0v) is 12.7. The Morgan fingerprint density at radius 1 is 1.40 bits per heavy atom. The number of nitrogens with zero attached hydrogens (tertiary/aromatic N) is 2. The molecule has 2 rings (SSSR count). The van der Waals surface area contributed by atoms with Gasteiger partial charge >= 0.3 is 5.97 Å². The van der Waals surface area contributed by atoms with Gasteiger partial charge in [-0.25, -0.2) is 4.79 Å². The van der Waals surface area contributed by atoms with Crippen LogP contribution in [-0.2, 0) is 9.53 Å². The average molecular weight is 297 g/mol. The molecule has 20 heavy (non-hydrogen) atoms. The van der Waals surface area contributed by atoms with Crippen molar-refractivity contribution in [3.8, 4) is 0 Å². The summed E-state index contributed by atoms with van der Waals surface area (Å²) in [5, 5.41) is 3.58. The predicted octanol–water partition coefficient (Wildman–Crippen LogP) is 1.66. The maximum Gasteiger partial charge on any atom is 0.343 e. The molecule has 1 aliphatic heterocycles. The van der Waals surface area contributed by atoms with Crippen molar-refractivity contribution >= 4 is 28.4 Å². The van der Waals surface area contributed by atoms with Crippen LogP contribution in [0.25, 0.3) is 0 Å². The zero-order chi connectivity index (χ0) is 14.7. The number of esters is 1. The molecule has 1 atom stereocenters. The number of rotatable bonds is 4. The van der Waals surface area contributed by atoms with Gasteiger partial charge in [-0.3, -0.25) is 4.79 Å². The second-order valence-electron chi connectivity index (χ2n) is 4.80. The van der Waals surface area contributed by atoms with Gasteiger partial charge in [0, 0.05) is 20.1 Å². The molecule has 0 bridgehead atoms. The van der Waals surface area contributed by atoms with E-state index in [2.05, 4.69) is 9.69 Å². The highest BCUT2D eigenvalue weighted by atomic mass is 32.1. The van der Waals surface area contributed by atoms with Crippen molar-refractivity contribution in [1.29, 1.82) is 0 Å². The molecule has 1 amide bonds. The number of anilines is 1. The normalized spacial score (nSPS) is 16.1. The lowest BCUT2D eigenvalue weighted by atomic mass is 10.2. The van der Waals surface area contributed by atoms with Crippen LogP contribution >= 0.6 is 11.5 Å². The quantitative estimate of drug-likeness (QED) is 0.856. The maximum absolute atomic E-state index is 12.2. The van der Waals surface area contributed by atoms with Crippen LogP contribution in [0.5, 0.6) is 0 Å². The fourth-order valence-electron chi connectivity index (χ4n) is 2.25. The van der Waals surface area contributed by atoms with Crippen molar-refractivity contribution in [1.82, 2.24) is 9.27 Å². The Bertz CT molecular complexity index is 509. The lowest BCUT2D eigenvalue weighted by Crippen LogP contribution is -2.38. The van der Waals surface area contributed by atoms with Crippen molar-refractivity contribution in [2.24, 2.45) is 0 Å². The van der Waals surface area contributed by atoms with Gasteiger partial charge in [0.25, 0.3) is 5.91 Å². The predicted molar refractivity (Wildman–Crippen MR) is 77.1 cm³/mol. The summed E-state index contributed by atoms with van der Waals surface area (Å²) in [7, 11) is 1.72. The summed E-state index contributed by atoms with van der Waals surface area (Å²) < 4.78 is 9.41. The molecule has 2 heterocycles. The van der Waals surface area contributed by atoms with Gasteiger partial charge < -0.3 is 15.0 Å². The molecule has 110 valence electrons. The second-order valence-corrected chi connectivity index (χ2v) is 5.58. The highest BCUT2D eigenvalue weighted by Crippen LogP contribution is 2.25. The fourth-order valence-corrected chi connectivity index (χ4v) is 2.98. The third-order valence-electron chi connectivity index (χ3n) is 3.34. The maximum atomic E-state index is 12.2. The molecule has 0 aromatic carbocycles. The van der Waals surface area contributed by atoms with Crippen LogP contribution in [0.1, 0.15) is 35.8 Å². The first-order valence-electron chi connectivity index (χ1n) is 6.68. The first-order chi connectivity index (χ1) is 9.54. The van der Waals surface area contributed by atoms with Gasteiger partial charge in [-0.1, -0.05) is 0 Å². The number of hydrogen-bond acceptors (Lipinski definition) is 6. The minimum atomic E-state index is -0.760. The van der Waals surface area contributed by atoms with Gasteiger partial charge in [-0.05, 0) is 38.2 Å². The average Bonchev–Trinajstić information content (AvgIpc) is 3.06. The molecule has 0 saturated carbocycles. The molecule has 0 unspecified atom stereocenters. The van der Waals surface area contributed by atoms with E-state index in [1.54, 1.807) is 25.8 Å². The van der Waals surface area contributed by atoms with E-state index in [1.165, 1.54) is 11.5 Å². The lowest BCUT2D eigenvalue weighted by molar-refractivity contribution is -0.138. The summed E-state index contributed by atoms with van der Waals surface area (Å²) in [5.74, 6) is -0.622. The molecule has 0 aliphatic carbocycles. The van der Waals surface area contributed by atoms with Gasteiger partial charge in [0.15, 0.2) is 6.10 Å². The molecule has 1 aromatic rings. The Morgan fingerprint density at radius 2 is 2.05 bits per heavy atom. The number of ether oxygens (including phenoxy) is 1. The Hall–Kier alpha value is -1.63. The number of amides is 1. The minimum absolute atomic E-state index is 0.123. The van der Waals surface area contributed by atoms with Gasteiger partial charge in [-0.15, -0.1) is 0 Å². The molecular formula is C13H19N3O3S. The molecule has 0 radical (unpaired) electrons. The number of aromatic nitrogens is 1. The van der Waals surface area contributed by atoms with E-state index in [-0.39, 0.29) is 5.91 Å². The Labute approximate surface area is 122 Å². The number of nitrogens with one attached hydrogen (secondary N) is 1. The molecule has 1 fully saturated rings. The number of aryl methyl sites for hydroxylation is 1. The summed E-state index contributed by atoms with van der Waals surface area (Å²) in [6, 6.07) is 0. The minimum Gasteiger partial charge on any atom is -0.449 e. The molecular weight excluding hydrogens is 278 g/mol. The smallest absolute Gasteiger partial charge is 0.343 e. The number of carbonyl (C=O) groups is 2. The number of hydrogen-bond donors (Lipinski definition) is 1. The van der Waals surface area contributed by atoms with Crippen molar-refractivity contribution < 1.29 is 14.3 Å². The van der Waals surface area contributed by atoms with Crippen molar-refractivity contribution in [2.75, 3.05) is 25.5 Å². The topological polar surface area (TPSA) is 71.5 Å². The van der Waals surface area contributed by atoms with Crippen LogP contribution in [0.4, 0.5) is 5.00 Å². The van der Waals surface area contributed by atoms with Crippen molar-refractivity contribution in [3.63, 3.8) is 0 Å². The summed E-state index contributed by atoms with van der Waals surface area (Å²) in [5.41, 5.74) is 1.03. The van der Waals surface area contributed by atoms with Crippen LogP contribution in [0, 0.1) is 6.92 Å². The van der Waals surface area contributed by atoms with Crippen molar-refractivity contribution in [2.45, 2.75) is 32.8 Å². The molecule has 6 nitrogen and oxygen atoms in total. The molecule has 0 spiro atoms. The largest absolute Gasteiger partial charge is 0.449 e. The molecule has 1 N–H and O–H groups in total. The first-order valence-corrected chi connectivity index (χ1v) is 7.45. The third kappa shape index (κ3) is 2.92. The van der Waals surface area contributed by atoms with Crippen LogP contribution in [0.15, 0.2) is 0 Å². The van der Waals surface area contributed by atoms with E-state index < -0.39 is 12.1 Å². The van der Waals surface area contributed by atoms with E-state index in [4.69, 9.17) is 4.74 Å². The van der Waals surface area contributed by atoms with Gasteiger partial charge in [0.05, 0.1) is 5.69 Å². The zero-order valence-electron chi connectivity index (χ0n) is 11.9. The second kappa shape index (κ2) is 6.21. The van der Waals surface area contributed by atoms with Crippen LogP contribution in [0.2, 0.25) is 0 Å². The van der Waals surface area contributed by atoms with Crippen LogP contribution in [0.3, 0.4) is 0 Å². The number of likely N-dealkylation sites (tertiary alicyclic amines) is 1. The highest BCUT2D eigenvalue weighted by Gasteiger charge is 2.28. The Balaban J connectivity index is 2.03. The lowest BCUT2D eigenvalue weighted by Gasteiger charge is -2.20.